The third-order valence-electron chi connectivity index (χ3n) is 7.20. The Morgan fingerprint density at radius 3 is 1.78 bits per heavy atom. The van der Waals surface area contributed by atoms with Crippen LogP contribution in [0.15, 0.2) is 91.0 Å². The summed E-state index contributed by atoms with van der Waals surface area (Å²) in [5.41, 5.74) is 0. The molecule has 0 spiro atoms. The normalized spacial score (nSPS) is 16.8. The first kappa shape index (κ1) is 29.1. The lowest BCUT2D eigenvalue weighted by molar-refractivity contribution is -0.190. The van der Waals surface area contributed by atoms with Gasteiger partial charge in [-0.2, -0.15) is 0 Å². The van der Waals surface area contributed by atoms with Gasteiger partial charge in [-0.25, -0.2) is 0 Å². The van der Waals surface area contributed by atoms with Crippen molar-refractivity contribution < 1.29 is 26.5 Å². The fourth-order valence-electron chi connectivity index (χ4n) is 5.42. The van der Waals surface area contributed by atoms with Crippen LogP contribution in [0.1, 0.15) is 64.7 Å². The summed E-state index contributed by atoms with van der Waals surface area (Å²) in [4.78, 5) is 0. The molecule has 194 valence electrons. The molecule has 36 heavy (non-hydrogen) atoms. The van der Waals surface area contributed by atoms with Gasteiger partial charge in [-0.05, 0) is 81.3 Å². The van der Waals surface area contributed by atoms with Crippen molar-refractivity contribution in [2.75, 3.05) is 12.8 Å². The fourth-order valence-corrected chi connectivity index (χ4v) is 9.83. The molecular weight excluding hydrogens is 527 g/mol. The highest BCUT2D eigenvalue weighted by atomic mass is 79.9. The molecule has 0 N–H and O–H groups in total. The zero-order chi connectivity index (χ0) is 24.2. The molecule has 0 saturated carbocycles. The summed E-state index contributed by atoms with van der Waals surface area (Å²) >= 11 is 0. The minimum absolute atomic E-state index is 0. The maximum atomic E-state index is 6.37. The maximum Gasteiger partial charge on any atom is 0.157 e. The number of unbranched alkanes of at least 4 members (excludes halogenated alkanes) is 2. The van der Waals surface area contributed by atoms with Crippen molar-refractivity contribution in [2.24, 2.45) is 0 Å². The van der Waals surface area contributed by atoms with Crippen molar-refractivity contribution in [1.29, 1.82) is 0 Å². The van der Waals surface area contributed by atoms with Gasteiger partial charge in [-0.1, -0.05) is 74.4 Å². The second-order valence-corrected chi connectivity index (χ2v) is 13.3. The Labute approximate surface area is 229 Å². The average Bonchev–Trinajstić information content (AvgIpc) is 2.93. The van der Waals surface area contributed by atoms with Crippen molar-refractivity contribution in [3.63, 3.8) is 0 Å². The fraction of sp³-hybridized carbons (Fsp3) is 0.438. The Balaban J connectivity index is 0.00000361. The Bertz CT molecular complexity index is 865. The predicted molar refractivity (Wildman–Crippen MR) is 152 cm³/mol. The summed E-state index contributed by atoms with van der Waals surface area (Å²) < 4.78 is 12.2. The van der Waals surface area contributed by atoms with E-state index < -0.39 is 7.26 Å². The molecule has 0 radical (unpaired) electrons. The maximum absolute atomic E-state index is 6.37. The smallest absolute Gasteiger partial charge is 0.157 e. The number of benzene rings is 3. The number of hydrogen-bond donors (Lipinski definition) is 0. The van der Waals surface area contributed by atoms with Crippen LogP contribution >= 0.6 is 7.26 Å². The Morgan fingerprint density at radius 2 is 1.31 bits per heavy atom. The van der Waals surface area contributed by atoms with E-state index in [1.807, 2.05) is 0 Å². The zero-order valence-corrected chi connectivity index (χ0v) is 24.2. The predicted octanol–water partition coefficient (Wildman–Crippen LogP) is 4.26. The SMILES string of the molecule is CCCC(CCCCC[P+](c1ccccc1)(c1ccccc1)c1ccccc1)OC1CCCCO1.[Br-]. The van der Waals surface area contributed by atoms with E-state index >= 15 is 0 Å². The van der Waals surface area contributed by atoms with E-state index in [2.05, 4.69) is 97.9 Å². The number of hydrogen-bond acceptors (Lipinski definition) is 2. The molecule has 2 unspecified atom stereocenters. The molecule has 4 heteroatoms. The van der Waals surface area contributed by atoms with Crippen LogP contribution in [0.3, 0.4) is 0 Å². The van der Waals surface area contributed by atoms with Crippen molar-refractivity contribution in [2.45, 2.75) is 77.1 Å². The average molecular weight is 570 g/mol. The third-order valence-corrected chi connectivity index (χ3v) is 11.7. The van der Waals surface area contributed by atoms with Gasteiger partial charge in [0.1, 0.15) is 23.2 Å². The van der Waals surface area contributed by atoms with Gasteiger partial charge in [-0.3, -0.25) is 0 Å². The summed E-state index contributed by atoms with van der Waals surface area (Å²) in [7, 11) is -1.71. The van der Waals surface area contributed by atoms with Crippen molar-refractivity contribution in [3.8, 4) is 0 Å². The van der Waals surface area contributed by atoms with Crippen molar-refractivity contribution >= 4 is 23.2 Å². The molecule has 4 rings (SSSR count). The molecule has 0 amide bonds. The van der Waals surface area contributed by atoms with Gasteiger partial charge < -0.3 is 26.5 Å². The second kappa shape index (κ2) is 15.7. The Morgan fingerprint density at radius 1 is 0.750 bits per heavy atom. The highest BCUT2D eigenvalue weighted by Gasteiger charge is 2.44. The largest absolute Gasteiger partial charge is 1.00 e. The van der Waals surface area contributed by atoms with Crippen LogP contribution in [0.2, 0.25) is 0 Å². The molecule has 1 saturated heterocycles. The molecule has 1 fully saturated rings. The van der Waals surface area contributed by atoms with E-state index in [0.717, 1.165) is 25.9 Å². The van der Waals surface area contributed by atoms with Crippen LogP contribution in [0.4, 0.5) is 0 Å². The van der Waals surface area contributed by atoms with E-state index in [-0.39, 0.29) is 23.3 Å². The van der Waals surface area contributed by atoms with Gasteiger partial charge in [0.2, 0.25) is 0 Å². The van der Waals surface area contributed by atoms with Gasteiger partial charge in [0.15, 0.2) is 6.29 Å². The molecular formula is C32H42BrO2P. The van der Waals surface area contributed by atoms with Gasteiger partial charge in [-0.15, -0.1) is 0 Å². The quantitative estimate of drug-likeness (QED) is 0.226. The lowest BCUT2D eigenvalue weighted by atomic mass is 10.1. The lowest BCUT2D eigenvalue weighted by Crippen LogP contribution is -3.00. The van der Waals surface area contributed by atoms with E-state index in [1.165, 1.54) is 60.6 Å². The van der Waals surface area contributed by atoms with Crippen LogP contribution in [-0.4, -0.2) is 25.2 Å². The molecule has 0 aliphatic carbocycles. The molecule has 3 aromatic carbocycles. The van der Waals surface area contributed by atoms with Gasteiger partial charge in [0, 0.05) is 6.61 Å². The molecule has 1 aliphatic heterocycles. The van der Waals surface area contributed by atoms with E-state index in [0.29, 0.717) is 6.10 Å². The summed E-state index contributed by atoms with van der Waals surface area (Å²) in [5, 5.41) is 4.46. The lowest BCUT2D eigenvalue weighted by Gasteiger charge is -2.28. The summed E-state index contributed by atoms with van der Waals surface area (Å²) in [6.07, 6.45) is 12.1. The van der Waals surface area contributed by atoms with Crippen LogP contribution in [0.25, 0.3) is 0 Å². The first-order valence-electron chi connectivity index (χ1n) is 13.6. The van der Waals surface area contributed by atoms with E-state index in [9.17, 15) is 0 Å². The summed E-state index contributed by atoms with van der Waals surface area (Å²) in [5.74, 6) is 0. The van der Waals surface area contributed by atoms with Gasteiger partial charge >= 0.3 is 0 Å². The standard InChI is InChI=1S/C32H42O2P.BrH/c1-2-17-28(34-32-25-14-15-26-33-32)18-7-6-16-27-35(29-19-8-3-9-20-29,30-21-10-4-11-22-30)31-23-12-5-13-24-31;/h3-5,8-13,19-24,28,32H,2,6-7,14-18,25-27H2,1H3;1H/q+1;/p-1. The molecule has 1 heterocycles. The van der Waals surface area contributed by atoms with Crippen molar-refractivity contribution in [3.05, 3.63) is 91.0 Å². The first-order valence-corrected chi connectivity index (χ1v) is 15.6. The first-order chi connectivity index (χ1) is 17.3. The van der Waals surface area contributed by atoms with Crippen LogP contribution < -0.4 is 32.9 Å². The molecule has 0 bridgehead atoms. The van der Waals surface area contributed by atoms with Crippen LogP contribution in [-0.2, 0) is 9.47 Å². The minimum atomic E-state index is -1.71. The highest BCUT2D eigenvalue weighted by Crippen LogP contribution is 2.56. The molecule has 1 aliphatic rings. The molecule has 2 atom stereocenters. The van der Waals surface area contributed by atoms with Crippen LogP contribution in [0.5, 0.6) is 0 Å². The van der Waals surface area contributed by atoms with Crippen LogP contribution in [0, 0.1) is 0 Å². The van der Waals surface area contributed by atoms with Crippen molar-refractivity contribution in [1.82, 2.24) is 0 Å². The number of ether oxygens (including phenoxy) is 2. The van der Waals surface area contributed by atoms with Gasteiger partial charge in [0.25, 0.3) is 0 Å². The third kappa shape index (κ3) is 7.75. The number of rotatable bonds is 13. The Kier molecular flexibility index (Phi) is 12.6. The molecule has 2 nitrogen and oxygen atoms in total. The highest BCUT2D eigenvalue weighted by molar-refractivity contribution is 7.95. The second-order valence-electron chi connectivity index (χ2n) is 9.73. The monoisotopic (exact) mass is 568 g/mol. The Hall–Kier alpha value is -1.51. The zero-order valence-electron chi connectivity index (χ0n) is 21.7. The molecule has 0 aromatic heterocycles. The van der Waals surface area contributed by atoms with E-state index in [1.54, 1.807) is 0 Å². The summed E-state index contributed by atoms with van der Waals surface area (Å²) in [6.45, 7) is 3.12. The van der Waals surface area contributed by atoms with Gasteiger partial charge in [0.05, 0.1) is 12.3 Å². The summed E-state index contributed by atoms with van der Waals surface area (Å²) in [6, 6.07) is 33.7. The topological polar surface area (TPSA) is 18.5 Å². The van der Waals surface area contributed by atoms with E-state index in [4.69, 9.17) is 9.47 Å². The minimum Gasteiger partial charge on any atom is -1.00 e. The number of halogens is 1. The molecule has 3 aromatic rings.